The molecule has 238 valence electrons. The summed E-state index contributed by atoms with van der Waals surface area (Å²) in [6.07, 6.45) is -4.60. The highest BCUT2D eigenvalue weighted by Crippen LogP contribution is 2.46. The number of alkyl halides is 3. The topological polar surface area (TPSA) is 74.7 Å². The Bertz CT molecular complexity index is 1560. The highest BCUT2D eigenvalue weighted by molar-refractivity contribution is 6.30. The van der Waals surface area contributed by atoms with Crippen LogP contribution in [0.4, 0.5) is 18.0 Å². The minimum absolute atomic E-state index is 0.0432. The summed E-state index contributed by atoms with van der Waals surface area (Å²) in [5.41, 5.74) is 0.843. The van der Waals surface area contributed by atoms with Crippen LogP contribution in [0.25, 0.3) is 0 Å². The summed E-state index contributed by atoms with van der Waals surface area (Å²) in [6.45, 7) is 3.34. The number of nitrogens with zero attached hydrogens (tertiary/aromatic N) is 4. The van der Waals surface area contributed by atoms with Crippen LogP contribution in [0, 0.1) is 0 Å². The third kappa shape index (κ3) is 7.21. The van der Waals surface area contributed by atoms with Gasteiger partial charge in [-0.3, -0.25) is 19.6 Å². The van der Waals surface area contributed by atoms with Crippen molar-refractivity contribution in [3.05, 3.63) is 99.0 Å². The largest absolute Gasteiger partial charge is 0.493 e. The number of ether oxygens (including phenoxy) is 2. The molecule has 0 N–H and O–H groups in total. The van der Waals surface area contributed by atoms with Gasteiger partial charge in [-0.1, -0.05) is 47.5 Å². The zero-order valence-corrected chi connectivity index (χ0v) is 26.1. The molecule has 0 aromatic heterocycles. The van der Waals surface area contributed by atoms with E-state index in [2.05, 4.69) is 0 Å². The first kappa shape index (κ1) is 32.6. The van der Waals surface area contributed by atoms with Crippen LogP contribution >= 0.6 is 23.2 Å². The second kappa shape index (κ2) is 13.7. The Morgan fingerprint density at radius 2 is 1.51 bits per heavy atom. The molecule has 3 aromatic rings. The number of carbonyl (C=O) groups is 2. The molecule has 0 saturated carbocycles. The average Bonchev–Trinajstić information content (AvgIpc) is 3.41. The number of benzene rings is 3. The van der Waals surface area contributed by atoms with Crippen molar-refractivity contribution in [1.82, 2.24) is 14.7 Å². The second-order valence-electron chi connectivity index (χ2n) is 10.6. The van der Waals surface area contributed by atoms with Crippen LogP contribution < -0.4 is 4.74 Å². The third-order valence-corrected chi connectivity index (χ3v) is 8.27. The van der Waals surface area contributed by atoms with Crippen molar-refractivity contribution in [3.8, 4) is 5.75 Å². The molecule has 2 heterocycles. The smallest absolute Gasteiger partial charge is 0.416 e. The number of hydrogen-bond acceptors (Lipinski definition) is 6. The fraction of sp³-hybridized carbons (Fsp3) is 0.344. The van der Waals surface area contributed by atoms with E-state index in [-0.39, 0.29) is 42.3 Å². The predicted molar refractivity (Wildman–Crippen MR) is 165 cm³/mol. The van der Waals surface area contributed by atoms with Crippen molar-refractivity contribution < 1.29 is 32.2 Å². The summed E-state index contributed by atoms with van der Waals surface area (Å²) < 4.78 is 51.7. The lowest BCUT2D eigenvalue weighted by Gasteiger charge is -2.38. The lowest BCUT2D eigenvalue weighted by atomic mass is 9.93. The zero-order chi connectivity index (χ0) is 32.3. The lowest BCUT2D eigenvalue weighted by molar-refractivity contribution is -0.142. The summed E-state index contributed by atoms with van der Waals surface area (Å²) in [7, 11) is 1.32. The second-order valence-corrected chi connectivity index (χ2v) is 11.5. The minimum Gasteiger partial charge on any atom is -0.493 e. The van der Waals surface area contributed by atoms with Crippen molar-refractivity contribution in [1.29, 1.82) is 0 Å². The van der Waals surface area contributed by atoms with Gasteiger partial charge >= 0.3 is 18.2 Å². The van der Waals surface area contributed by atoms with Crippen LogP contribution in [0.2, 0.25) is 10.0 Å². The maximum atomic E-state index is 14.5. The molecule has 2 aliphatic heterocycles. The van der Waals surface area contributed by atoms with E-state index in [9.17, 15) is 22.8 Å². The van der Waals surface area contributed by atoms with E-state index in [4.69, 9.17) is 37.7 Å². The number of aliphatic imine (C=N–C) groups is 1. The summed E-state index contributed by atoms with van der Waals surface area (Å²) >= 11 is 12.4. The van der Waals surface area contributed by atoms with E-state index in [0.29, 0.717) is 36.2 Å². The first-order valence-corrected chi connectivity index (χ1v) is 15.1. The van der Waals surface area contributed by atoms with Gasteiger partial charge in [0, 0.05) is 36.2 Å². The third-order valence-electron chi connectivity index (χ3n) is 7.77. The van der Waals surface area contributed by atoms with Crippen molar-refractivity contribution in [2.45, 2.75) is 25.2 Å². The average molecular weight is 664 g/mol. The van der Waals surface area contributed by atoms with Crippen molar-refractivity contribution in [2.24, 2.45) is 4.99 Å². The number of rotatable bonds is 7. The fourth-order valence-electron chi connectivity index (χ4n) is 5.51. The lowest BCUT2D eigenvalue weighted by Crippen LogP contribution is -2.54. The normalized spacial score (nSPS) is 19.0. The van der Waals surface area contributed by atoms with Gasteiger partial charge in [0.25, 0.3) is 0 Å². The molecule has 0 radical (unpaired) electrons. The van der Waals surface area contributed by atoms with Gasteiger partial charge in [0.1, 0.15) is 17.6 Å². The number of hydrogen-bond donors (Lipinski definition) is 0. The molecule has 45 heavy (non-hydrogen) atoms. The highest BCUT2D eigenvalue weighted by atomic mass is 35.5. The summed E-state index contributed by atoms with van der Waals surface area (Å²) in [5.74, 6) is -0.240. The first-order chi connectivity index (χ1) is 21.5. The highest BCUT2D eigenvalue weighted by Gasteiger charge is 2.45. The Hall–Kier alpha value is -3.80. The molecule has 3 aromatic carbocycles. The number of carbonyl (C=O) groups excluding carboxylic acids is 2. The van der Waals surface area contributed by atoms with E-state index in [1.165, 1.54) is 18.1 Å². The molecule has 0 bridgehead atoms. The number of amidine groups is 1. The molecule has 1 fully saturated rings. The number of piperazine rings is 1. The van der Waals surface area contributed by atoms with E-state index in [1.807, 2.05) is 17.0 Å². The number of halogens is 5. The maximum Gasteiger partial charge on any atom is 0.416 e. The molecule has 13 heteroatoms. The SMILES string of the molecule is CCOc1cc(C(F)(F)F)ccc1C1=NC(c2ccc(Cl)cc2)C(c2ccc(Cl)cc2)N1C(=O)N1CCN(CC(=O)OC)CC1. The van der Waals surface area contributed by atoms with Gasteiger partial charge in [-0.2, -0.15) is 13.2 Å². The number of esters is 1. The minimum atomic E-state index is -4.60. The van der Waals surface area contributed by atoms with Gasteiger partial charge in [0.2, 0.25) is 0 Å². The number of methoxy groups -OCH3 is 1. The van der Waals surface area contributed by atoms with Gasteiger partial charge < -0.3 is 14.4 Å². The molecule has 5 rings (SSSR count). The van der Waals surface area contributed by atoms with E-state index >= 15 is 0 Å². The molecule has 2 aliphatic rings. The molecule has 0 aliphatic carbocycles. The molecule has 2 atom stereocenters. The number of urea groups is 1. The molecule has 0 spiro atoms. The van der Waals surface area contributed by atoms with Gasteiger partial charge in [0.15, 0.2) is 0 Å². The summed E-state index contributed by atoms with van der Waals surface area (Å²) in [4.78, 5) is 36.5. The Balaban J connectivity index is 1.62. The Morgan fingerprint density at radius 3 is 2.07 bits per heavy atom. The van der Waals surface area contributed by atoms with Gasteiger partial charge in [-0.15, -0.1) is 0 Å². The Kier molecular flexibility index (Phi) is 9.91. The van der Waals surface area contributed by atoms with Crippen LogP contribution in [0.1, 0.15) is 41.3 Å². The van der Waals surface area contributed by atoms with Crippen LogP contribution in [0.5, 0.6) is 5.75 Å². The van der Waals surface area contributed by atoms with Gasteiger partial charge in [0.05, 0.1) is 37.4 Å². The Labute approximate surface area is 268 Å². The van der Waals surface area contributed by atoms with Crippen LogP contribution in [0.15, 0.2) is 71.7 Å². The molecule has 1 saturated heterocycles. The fourth-order valence-corrected chi connectivity index (χ4v) is 5.76. The van der Waals surface area contributed by atoms with E-state index in [0.717, 1.165) is 23.3 Å². The van der Waals surface area contributed by atoms with Crippen LogP contribution in [-0.4, -0.2) is 79.0 Å². The van der Waals surface area contributed by atoms with Gasteiger partial charge in [-0.25, -0.2) is 4.79 Å². The zero-order valence-electron chi connectivity index (χ0n) is 24.6. The first-order valence-electron chi connectivity index (χ1n) is 14.3. The monoisotopic (exact) mass is 662 g/mol. The molecular formula is C32H31Cl2F3N4O4. The summed E-state index contributed by atoms with van der Waals surface area (Å²) in [6, 6.07) is 15.6. The molecular weight excluding hydrogens is 632 g/mol. The van der Waals surface area contributed by atoms with Crippen molar-refractivity contribution in [2.75, 3.05) is 46.4 Å². The molecule has 2 unspecified atom stereocenters. The summed E-state index contributed by atoms with van der Waals surface area (Å²) in [5, 5.41) is 1.02. The maximum absolute atomic E-state index is 14.5. The van der Waals surface area contributed by atoms with Gasteiger partial charge in [-0.05, 0) is 60.5 Å². The van der Waals surface area contributed by atoms with Crippen molar-refractivity contribution >= 4 is 41.0 Å². The standard InChI is InChI=1S/C32H31Cl2F3N4O4/c1-3-45-26-18-22(32(35,36)37)8-13-25(26)30-38-28(20-4-9-23(33)10-5-20)29(21-6-11-24(34)12-7-21)41(30)31(43)40-16-14-39(15-17-40)19-27(42)44-2/h4-13,18,28-29H,3,14-17,19H2,1-2H3. The molecule has 8 nitrogen and oxygen atoms in total. The van der Waals surface area contributed by atoms with Crippen LogP contribution in [-0.2, 0) is 15.7 Å². The number of amides is 2. The van der Waals surface area contributed by atoms with E-state index < -0.39 is 23.8 Å². The predicted octanol–water partition coefficient (Wildman–Crippen LogP) is 6.87. The molecule has 2 amide bonds. The van der Waals surface area contributed by atoms with Crippen LogP contribution in [0.3, 0.4) is 0 Å². The van der Waals surface area contributed by atoms with E-state index in [1.54, 1.807) is 48.2 Å². The quantitative estimate of drug-likeness (QED) is 0.258. The van der Waals surface area contributed by atoms with Crippen molar-refractivity contribution in [3.63, 3.8) is 0 Å². The Morgan fingerprint density at radius 1 is 0.911 bits per heavy atom.